The zero-order valence-electron chi connectivity index (χ0n) is 13.9. The predicted molar refractivity (Wildman–Crippen MR) is 88.0 cm³/mol. The SMILES string of the molecule is Cc1ccc(OCC(=O)NC(C)C2CC3CCC2C3)cc1C. The van der Waals surface area contributed by atoms with Gasteiger partial charge in [-0.15, -0.1) is 0 Å². The van der Waals surface area contributed by atoms with Crippen molar-refractivity contribution in [3.8, 4) is 5.75 Å². The average molecular weight is 301 g/mol. The van der Waals surface area contributed by atoms with Crippen LogP contribution in [0.25, 0.3) is 0 Å². The lowest BCUT2D eigenvalue weighted by Gasteiger charge is -2.28. The molecule has 0 saturated heterocycles. The number of fused-ring (bicyclic) bond motifs is 2. The van der Waals surface area contributed by atoms with E-state index in [0.29, 0.717) is 5.92 Å². The zero-order valence-corrected chi connectivity index (χ0v) is 13.9. The molecule has 1 aromatic rings. The second-order valence-corrected chi connectivity index (χ2v) is 7.23. The highest BCUT2D eigenvalue weighted by atomic mass is 16.5. The van der Waals surface area contributed by atoms with Crippen molar-refractivity contribution < 1.29 is 9.53 Å². The monoisotopic (exact) mass is 301 g/mol. The van der Waals surface area contributed by atoms with Gasteiger partial charge >= 0.3 is 0 Å². The molecule has 4 unspecified atom stereocenters. The summed E-state index contributed by atoms with van der Waals surface area (Å²) in [4.78, 5) is 12.1. The van der Waals surface area contributed by atoms with Crippen LogP contribution in [0.15, 0.2) is 18.2 Å². The van der Waals surface area contributed by atoms with E-state index in [4.69, 9.17) is 4.74 Å². The molecular weight excluding hydrogens is 274 g/mol. The number of nitrogens with one attached hydrogen (secondary N) is 1. The molecule has 1 amide bonds. The number of carbonyl (C=O) groups is 1. The fourth-order valence-corrected chi connectivity index (χ4v) is 4.26. The Morgan fingerprint density at radius 3 is 2.73 bits per heavy atom. The van der Waals surface area contributed by atoms with Crippen LogP contribution in [0.5, 0.6) is 5.75 Å². The van der Waals surface area contributed by atoms with Crippen LogP contribution in [0.1, 0.15) is 43.7 Å². The quantitative estimate of drug-likeness (QED) is 0.902. The Kier molecular flexibility index (Phi) is 4.42. The summed E-state index contributed by atoms with van der Waals surface area (Å²) in [5, 5.41) is 3.14. The molecule has 1 N–H and O–H groups in total. The molecule has 22 heavy (non-hydrogen) atoms. The molecule has 0 spiro atoms. The first kappa shape index (κ1) is 15.4. The van der Waals surface area contributed by atoms with Gasteiger partial charge in [-0.2, -0.15) is 0 Å². The maximum absolute atomic E-state index is 12.1. The summed E-state index contributed by atoms with van der Waals surface area (Å²) in [5.74, 6) is 3.19. The lowest BCUT2D eigenvalue weighted by atomic mass is 9.84. The van der Waals surface area contributed by atoms with Crippen LogP contribution in [-0.2, 0) is 4.79 Å². The molecular formula is C19H27NO2. The molecule has 120 valence electrons. The fraction of sp³-hybridized carbons (Fsp3) is 0.632. The van der Waals surface area contributed by atoms with Gasteiger partial charge in [0.2, 0.25) is 0 Å². The highest BCUT2D eigenvalue weighted by Crippen LogP contribution is 2.49. The highest BCUT2D eigenvalue weighted by Gasteiger charge is 2.42. The Morgan fingerprint density at radius 1 is 1.27 bits per heavy atom. The van der Waals surface area contributed by atoms with E-state index in [1.54, 1.807) is 0 Å². The smallest absolute Gasteiger partial charge is 0.258 e. The molecule has 0 aromatic heterocycles. The minimum absolute atomic E-state index is 0.00602. The van der Waals surface area contributed by atoms with Crippen molar-refractivity contribution in [2.75, 3.05) is 6.61 Å². The molecule has 2 aliphatic carbocycles. The summed E-state index contributed by atoms with van der Waals surface area (Å²) >= 11 is 0. The first-order valence-corrected chi connectivity index (χ1v) is 8.52. The van der Waals surface area contributed by atoms with E-state index in [2.05, 4.69) is 26.1 Å². The number of amides is 1. The van der Waals surface area contributed by atoms with Crippen molar-refractivity contribution in [1.82, 2.24) is 5.32 Å². The van der Waals surface area contributed by atoms with Crippen molar-refractivity contribution in [2.45, 2.75) is 52.5 Å². The molecule has 3 heteroatoms. The molecule has 0 heterocycles. The normalized spacial score (nSPS) is 27.7. The molecule has 2 aliphatic rings. The summed E-state index contributed by atoms with van der Waals surface area (Å²) in [7, 11) is 0. The molecule has 2 saturated carbocycles. The Hall–Kier alpha value is -1.51. The van der Waals surface area contributed by atoms with Gasteiger partial charge in [0.05, 0.1) is 0 Å². The number of benzene rings is 1. The van der Waals surface area contributed by atoms with E-state index < -0.39 is 0 Å². The number of aryl methyl sites for hydroxylation is 2. The van der Waals surface area contributed by atoms with Crippen molar-refractivity contribution in [1.29, 1.82) is 0 Å². The highest BCUT2D eigenvalue weighted by molar-refractivity contribution is 5.77. The zero-order chi connectivity index (χ0) is 15.7. The van der Waals surface area contributed by atoms with Crippen LogP contribution in [0.4, 0.5) is 0 Å². The van der Waals surface area contributed by atoms with Crippen molar-refractivity contribution in [3.63, 3.8) is 0 Å². The second-order valence-electron chi connectivity index (χ2n) is 7.23. The number of hydrogen-bond acceptors (Lipinski definition) is 2. The third-order valence-corrected chi connectivity index (χ3v) is 5.67. The Labute approximate surface area is 133 Å². The predicted octanol–water partition coefficient (Wildman–Crippen LogP) is 3.62. The molecule has 3 nitrogen and oxygen atoms in total. The number of ether oxygens (including phenoxy) is 1. The van der Waals surface area contributed by atoms with Crippen LogP contribution in [-0.4, -0.2) is 18.6 Å². The van der Waals surface area contributed by atoms with E-state index in [9.17, 15) is 4.79 Å². The molecule has 2 fully saturated rings. The maximum atomic E-state index is 12.1. The van der Waals surface area contributed by atoms with Gasteiger partial charge in [-0.05, 0) is 81.0 Å². The number of carbonyl (C=O) groups excluding carboxylic acids is 1. The summed E-state index contributed by atoms with van der Waals surface area (Å²) in [5.41, 5.74) is 2.43. The average Bonchev–Trinajstić information content (AvgIpc) is 3.11. The van der Waals surface area contributed by atoms with Crippen LogP contribution >= 0.6 is 0 Å². The van der Waals surface area contributed by atoms with Gasteiger partial charge in [0.1, 0.15) is 5.75 Å². The third-order valence-electron chi connectivity index (χ3n) is 5.67. The van der Waals surface area contributed by atoms with Crippen LogP contribution in [0.3, 0.4) is 0 Å². The fourth-order valence-electron chi connectivity index (χ4n) is 4.26. The first-order valence-electron chi connectivity index (χ1n) is 8.52. The largest absolute Gasteiger partial charge is 0.484 e. The molecule has 0 aliphatic heterocycles. The summed E-state index contributed by atoms with van der Waals surface area (Å²) in [6.07, 6.45) is 5.43. The second kappa shape index (κ2) is 6.31. The van der Waals surface area contributed by atoms with Gasteiger partial charge < -0.3 is 10.1 Å². The molecule has 0 radical (unpaired) electrons. The minimum atomic E-state index is -0.00602. The van der Waals surface area contributed by atoms with E-state index >= 15 is 0 Å². The topological polar surface area (TPSA) is 38.3 Å². The Bertz CT molecular complexity index is 554. The Balaban J connectivity index is 1.47. The lowest BCUT2D eigenvalue weighted by molar-refractivity contribution is -0.124. The van der Waals surface area contributed by atoms with Crippen LogP contribution in [0, 0.1) is 31.6 Å². The molecule has 2 bridgehead atoms. The van der Waals surface area contributed by atoms with E-state index in [0.717, 1.165) is 17.6 Å². The summed E-state index contributed by atoms with van der Waals surface area (Å²) in [6, 6.07) is 6.21. The van der Waals surface area contributed by atoms with Crippen molar-refractivity contribution >= 4 is 5.91 Å². The number of rotatable bonds is 5. The third kappa shape index (κ3) is 3.29. The van der Waals surface area contributed by atoms with Crippen LogP contribution < -0.4 is 10.1 Å². The van der Waals surface area contributed by atoms with Crippen molar-refractivity contribution in [3.05, 3.63) is 29.3 Å². The standard InChI is InChI=1S/C19H27NO2/c1-12-4-7-17(8-13(12)2)22-11-19(21)20-14(3)18-10-15-5-6-16(18)9-15/h4,7-8,14-16,18H,5-6,9-11H2,1-3H3,(H,20,21). The Morgan fingerprint density at radius 2 is 2.09 bits per heavy atom. The van der Waals surface area contributed by atoms with Crippen molar-refractivity contribution in [2.24, 2.45) is 17.8 Å². The van der Waals surface area contributed by atoms with Gasteiger partial charge in [0.25, 0.3) is 5.91 Å². The van der Waals surface area contributed by atoms with Gasteiger partial charge in [-0.1, -0.05) is 12.5 Å². The van der Waals surface area contributed by atoms with Gasteiger partial charge in [0.15, 0.2) is 6.61 Å². The molecule has 1 aromatic carbocycles. The van der Waals surface area contributed by atoms with E-state index in [-0.39, 0.29) is 18.6 Å². The van der Waals surface area contributed by atoms with E-state index in [1.807, 2.05) is 18.2 Å². The van der Waals surface area contributed by atoms with E-state index in [1.165, 1.54) is 36.8 Å². The first-order chi connectivity index (χ1) is 10.5. The lowest BCUT2D eigenvalue weighted by Crippen LogP contribution is -2.42. The van der Waals surface area contributed by atoms with Gasteiger partial charge in [-0.25, -0.2) is 0 Å². The van der Waals surface area contributed by atoms with Crippen LogP contribution in [0.2, 0.25) is 0 Å². The molecule has 3 rings (SSSR count). The summed E-state index contributed by atoms with van der Waals surface area (Å²) < 4.78 is 5.62. The maximum Gasteiger partial charge on any atom is 0.258 e. The van der Waals surface area contributed by atoms with Gasteiger partial charge in [-0.3, -0.25) is 4.79 Å². The molecule has 4 atom stereocenters. The minimum Gasteiger partial charge on any atom is -0.484 e. The summed E-state index contributed by atoms with van der Waals surface area (Å²) in [6.45, 7) is 6.38. The number of hydrogen-bond donors (Lipinski definition) is 1. The van der Waals surface area contributed by atoms with Gasteiger partial charge in [0, 0.05) is 6.04 Å².